The third-order valence-electron chi connectivity index (χ3n) is 3.84. The van der Waals surface area contributed by atoms with Crippen molar-refractivity contribution in [1.29, 1.82) is 0 Å². The molecule has 1 N–H and O–H groups in total. The smallest absolute Gasteiger partial charge is 0.338 e. The molecular weight excluding hydrogens is 271 g/mol. The van der Waals surface area contributed by atoms with Crippen molar-refractivity contribution in [2.24, 2.45) is 0 Å². The maximum absolute atomic E-state index is 14.3. The lowest BCUT2D eigenvalue weighted by molar-refractivity contribution is 0.0692. The van der Waals surface area contributed by atoms with Crippen LogP contribution >= 0.6 is 0 Å². The second kappa shape index (κ2) is 4.58. The zero-order chi connectivity index (χ0) is 15.2. The molecule has 4 heteroatoms. The van der Waals surface area contributed by atoms with E-state index in [1.807, 2.05) is 12.1 Å². The van der Waals surface area contributed by atoms with Gasteiger partial charge in [0.25, 0.3) is 0 Å². The summed E-state index contributed by atoms with van der Waals surface area (Å²) in [6, 6.07) is 9.85. The Bertz CT molecular complexity index is 735. The molecule has 0 bridgehead atoms. The van der Waals surface area contributed by atoms with Gasteiger partial charge in [-0.2, -0.15) is 0 Å². The summed E-state index contributed by atoms with van der Waals surface area (Å²) in [5.41, 5.74) is 1.52. The number of halogens is 1. The average Bonchev–Trinajstić information content (AvgIpc) is 2.74. The van der Waals surface area contributed by atoms with Gasteiger partial charge in [0.15, 0.2) is 0 Å². The van der Waals surface area contributed by atoms with E-state index in [-0.39, 0.29) is 11.0 Å². The molecule has 108 valence electrons. The van der Waals surface area contributed by atoms with Crippen LogP contribution in [0.3, 0.4) is 0 Å². The van der Waals surface area contributed by atoms with E-state index < -0.39 is 11.8 Å². The van der Waals surface area contributed by atoms with Crippen LogP contribution in [-0.4, -0.2) is 17.7 Å². The minimum absolute atomic E-state index is 0.133. The minimum atomic E-state index is -1.26. The lowest BCUT2D eigenvalue weighted by Gasteiger charge is -2.16. The average molecular weight is 286 g/mol. The standard InChI is InChI=1S/C17H15FO3/c1-17(2)9-21-14-7-6-10(8-13(14)17)11-4-3-5-12(15(11)18)16(19)20/h3-8H,9H2,1-2H3,(H,19,20). The lowest BCUT2D eigenvalue weighted by atomic mass is 9.85. The molecule has 0 fully saturated rings. The molecule has 1 aliphatic heterocycles. The van der Waals surface area contributed by atoms with Crippen LogP contribution in [0.15, 0.2) is 36.4 Å². The van der Waals surface area contributed by atoms with Crippen molar-refractivity contribution in [2.75, 3.05) is 6.61 Å². The first kappa shape index (κ1) is 13.6. The number of rotatable bonds is 2. The molecule has 0 radical (unpaired) electrons. The molecule has 3 rings (SSSR count). The first-order chi connectivity index (χ1) is 9.90. The normalized spacial score (nSPS) is 15.4. The fourth-order valence-corrected chi connectivity index (χ4v) is 2.61. The number of carbonyl (C=O) groups is 1. The maximum atomic E-state index is 14.3. The third-order valence-corrected chi connectivity index (χ3v) is 3.84. The number of hydrogen-bond donors (Lipinski definition) is 1. The van der Waals surface area contributed by atoms with Gasteiger partial charge in [0.1, 0.15) is 11.6 Å². The van der Waals surface area contributed by atoms with Crippen LogP contribution in [0.5, 0.6) is 5.75 Å². The van der Waals surface area contributed by atoms with Gasteiger partial charge in [0.2, 0.25) is 0 Å². The van der Waals surface area contributed by atoms with Crippen molar-refractivity contribution in [3.05, 3.63) is 53.3 Å². The van der Waals surface area contributed by atoms with E-state index in [1.54, 1.807) is 18.2 Å². The second-order valence-electron chi connectivity index (χ2n) is 5.86. The summed E-state index contributed by atoms with van der Waals surface area (Å²) in [5.74, 6) is -1.17. The highest BCUT2D eigenvalue weighted by Gasteiger charge is 2.32. The van der Waals surface area contributed by atoms with Gasteiger partial charge in [-0.1, -0.05) is 32.0 Å². The van der Waals surface area contributed by atoms with Gasteiger partial charge in [-0.15, -0.1) is 0 Å². The summed E-state index contributed by atoms with van der Waals surface area (Å²) in [6.07, 6.45) is 0. The van der Waals surface area contributed by atoms with E-state index in [9.17, 15) is 9.18 Å². The van der Waals surface area contributed by atoms with Crippen molar-refractivity contribution in [1.82, 2.24) is 0 Å². The molecule has 21 heavy (non-hydrogen) atoms. The van der Waals surface area contributed by atoms with Gasteiger partial charge in [-0.3, -0.25) is 0 Å². The van der Waals surface area contributed by atoms with Crippen LogP contribution in [0.2, 0.25) is 0 Å². The van der Waals surface area contributed by atoms with Gasteiger partial charge in [-0.25, -0.2) is 9.18 Å². The molecule has 1 heterocycles. The van der Waals surface area contributed by atoms with E-state index in [1.165, 1.54) is 6.07 Å². The van der Waals surface area contributed by atoms with Crippen LogP contribution in [0.4, 0.5) is 4.39 Å². The van der Waals surface area contributed by atoms with E-state index >= 15 is 0 Å². The fourth-order valence-electron chi connectivity index (χ4n) is 2.61. The fraction of sp³-hybridized carbons (Fsp3) is 0.235. The summed E-state index contributed by atoms with van der Waals surface area (Å²) in [4.78, 5) is 11.0. The number of aromatic carboxylic acids is 1. The Balaban J connectivity index is 2.15. The summed E-state index contributed by atoms with van der Waals surface area (Å²) in [7, 11) is 0. The van der Waals surface area contributed by atoms with Gasteiger partial charge in [-0.05, 0) is 23.8 Å². The topological polar surface area (TPSA) is 46.5 Å². The Hall–Kier alpha value is -2.36. The zero-order valence-corrected chi connectivity index (χ0v) is 11.8. The van der Waals surface area contributed by atoms with E-state index in [0.717, 1.165) is 11.3 Å². The van der Waals surface area contributed by atoms with Gasteiger partial charge in [0.05, 0.1) is 12.2 Å². The highest BCUT2D eigenvalue weighted by molar-refractivity contribution is 5.90. The van der Waals surface area contributed by atoms with Gasteiger partial charge >= 0.3 is 5.97 Å². The lowest BCUT2D eigenvalue weighted by Crippen LogP contribution is -2.18. The number of carboxylic acid groups (broad SMARTS) is 1. The minimum Gasteiger partial charge on any atom is -0.492 e. The van der Waals surface area contributed by atoms with Crippen LogP contribution in [-0.2, 0) is 5.41 Å². The molecule has 0 aromatic heterocycles. The molecule has 2 aromatic rings. The highest BCUT2D eigenvalue weighted by Crippen LogP contribution is 2.41. The van der Waals surface area contributed by atoms with Crippen molar-refractivity contribution in [2.45, 2.75) is 19.3 Å². The van der Waals surface area contributed by atoms with Crippen molar-refractivity contribution >= 4 is 5.97 Å². The molecule has 0 saturated carbocycles. The van der Waals surface area contributed by atoms with Crippen LogP contribution in [0, 0.1) is 5.82 Å². The molecule has 0 aliphatic carbocycles. The Morgan fingerprint density at radius 3 is 2.76 bits per heavy atom. The van der Waals surface area contributed by atoms with E-state index in [4.69, 9.17) is 9.84 Å². The zero-order valence-electron chi connectivity index (χ0n) is 11.8. The Labute approximate surface area is 122 Å². The third kappa shape index (κ3) is 2.17. The van der Waals surface area contributed by atoms with Gasteiger partial charge in [0, 0.05) is 16.5 Å². The van der Waals surface area contributed by atoms with E-state index in [2.05, 4.69) is 13.8 Å². The second-order valence-corrected chi connectivity index (χ2v) is 5.86. The van der Waals surface area contributed by atoms with Crippen LogP contribution in [0.1, 0.15) is 29.8 Å². The van der Waals surface area contributed by atoms with Gasteiger partial charge < -0.3 is 9.84 Å². The first-order valence-electron chi connectivity index (χ1n) is 6.70. The Kier molecular flexibility index (Phi) is 2.97. The molecular formula is C17H15FO3. The summed E-state index contributed by atoms with van der Waals surface area (Å²) < 4.78 is 20.0. The molecule has 0 unspecified atom stereocenters. The number of benzene rings is 2. The van der Waals surface area contributed by atoms with Crippen molar-refractivity contribution in [3.8, 4) is 16.9 Å². The number of fused-ring (bicyclic) bond motifs is 1. The molecule has 0 spiro atoms. The van der Waals surface area contributed by atoms with Crippen LogP contribution < -0.4 is 4.74 Å². The monoisotopic (exact) mass is 286 g/mol. The number of ether oxygens (including phenoxy) is 1. The van der Waals surface area contributed by atoms with Crippen molar-refractivity contribution < 1.29 is 19.0 Å². The Morgan fingerprint density at radius 2 is 2.05 bits per heavy atom. The SMILES string of the molecule is CC1(C)COc2ccc(-c3cccc(C(=O)O)c3F)cc21. The largest absolute Gasteiger partial charge is 0.492 e. The molecule has 3 nitrogen and oxygen atoms in total. The summed E-state index contributed by atoms with van der Waals surface area (Å²) in [5, 5.41) is 9.01. The molecule has 1 aliphatic rings. The predicted octanol–water partition coefficient (Wildman–Crippen LogP) is 3.86. The number of hydrogen-bond acceptors (Lipinski definition) is 2. The molecule has 0 amide bonds. The first-order valence-corrected chi connectivity index (χ1v) is 6.70. The molecule has 2 aromatic carbocycles. The predicted molar refractivity (Wildman–Crippen MR) is 77.3 cm³/mol. The summed E-state index contributed by atoms with van der Waals surface area (Å²) in [6.45, 7) is 4.71. The molecule has 0 saturated heterocycles. The Morgan fingerprint density at radius 1 is 1.29 bits per heavy atom. The van der Waals surface area contributed by atoms with Crippen LogP contribution in [0.25, 0.3) is 11.1 Å². The van der Waals surface area contributed by atoms with Crippen molar-refractivity contribution in [3.63, 3.8) is 0 Å². The molecule has 0 atom stereocenters. The summed E-state index contributed by atoms with van der Waals surface area (Å²) >= 11 is 0. The number of carboxylic acids is 1. The maximum Gasteiger partial charge on any atom is 0.338 e. The quantitative estimate of drug-likeness (QED) is 0.911. The van der Waals surface area contributed by atoms with E-state index in [0.29, 0.717) is 17.7 Å². The highest BCUT2D eigenvalue weighted by atomic mass is 19.1.